The highest BCUT2D eigenvalue weighted by Crippen LogP contribution is 2.32. The molecule has 3 fully saturated rings. The van der Waals surface area contributed by atoms with Gasteiger partial charge in [0, 0.05) is 24.8 Å². The number of likely N-dealkylation sites (tertiary alicyclic amines) is 1. The van der Waals surface area contributed by atoms with E-state index in [1.54, 1.807) is 21.6 Å². The maximum absolute atomic E-state index is 12.8. The normalized spacial score (nSPS) is 31.8. The van der Waals surface area contributed by atoms with Crippen LogP contribution >= 0.6 is 11.8 Å². The number of carboxylic acid groups (broad SMARTS) is 1. The van der Waals surface area contributed by atoms with Gasteiger partial charge in [0.25, 0.3) is 0 Å². The minimum absolute atomic E-state index is 0.0375. The number of rotatable bonds is 3. The molecule has 2 aliphatic heterocycles. The standard InChI is InChI=1S/C16H24N2O4S/c1-10-6-17(7-12(10)16(21)22)15(20)13-8-23-9-18(13)14(19)11-4-2-3-5-11/h10-13H,2-9H2,1H3,(H,21,22)/t10-,12-,13?/m1/s1. The van der Waals surface area contributed by atoms with Crippen molar-refractivity contribution in [2.75, 3.05) is 24.7 Å². The Morgan fingerprint density at radius 3 is 2.39 bits per heavy atom. The molecule has 2 saturated heterocycles. The summed E-state index contributed by atoms with van der Waals surface area (Å²) in [6.45, 7) is 2.61. The van der Waals surface area contributed by atoms with Gasteiger partial charge in [-0.05, 0) is 18.8 Å². The summed E-state index contributed by atoms with van der Waals surface area (Å²) in [5, 5.41) is 9.23. The van der Waals surface area contributed by atoms with Gasteiger partial charge in [0.15, 0.2) is 0 Å². The van der Waals surface area contributed by atoms with E-state index in [4.69, 9.17) is 0 Å². The molecular weight excluding hydrogens is 316 g/mol. The van der Waals surface area contributed by atoms with Gasteiger partial charge < -0.3 is 14.9 Å². The number of carboxylic acids is 1. The fourth-order valence-corrected chi connectivity index (χ4v) is 5.11. The first kappa shape index (κ1) is 16.6. The number of aliphatic carboxylic acids is 1. The number of nitrogens with zero attached hydrogens (tertiary/aromatic N) is 2. The number of amides is 2. The summed E-state index contributed by atoms with van der Waals surface area (Å²) < 4.78 is 0. The molecule has 1 unspecified atom stereocenters. The molecule has 0 aromatic carbocycles. The lowest BCUT2D eigenvalue weighted by Gasteiger charge is -2.29. The third-order valence-electron chi connectivity index (χ3n) is 5.40. The molecule has 0 aromatic heterocycles. The van der Waals surface area contributed by atoms with Crippen molar-refractivity contribution in [3.63, 3.8) is 0 Å². The number of hydrogen-bond acceptors (Lipinski definition) is 4. The average molecular weight is 340 g/mol. The molecule has 1 aliphatic carbocycles. The molecule has 23 heavy (non-hydrogen) atoms. The SMILES string of the molecule is C[C@@H]1CN(C(=O)C2CSCN2C(=O)C2CCCC2)C[C@H]1C(=O)O. The van der Waals surface area contributed by atoms with Crippen molar-refractivity contribution in [2.45, 2.75) is 38.6 Å². The second-order valence-corrected chi connectivity index (χ2v) is 7.97. The molecule has 128 valence electrons. The van der Waals surface area contributed by atoms with Gasteiger partial charge in [-0.15, -0.1) is 11.8 Å². The highest BCUT2D eigenvalue weighted by Gasteiger charge is 2.44. The van der Waals surface area contributed by atoms with Crippen LogP contribution in [0.15, 0.2) is 0 Å². The average Bonchev–Trinajstić information content (AvgIpc) is 3.25. The largest absolute Gasteiger partial charge is 0.481 e. The molecule has 1 N–H and O–H groups in total. The Bertz CT molecular complexity index is 506. The van der Waals surface area contributed by atoms with Crippen LogP contribution in [0.5, 0.6) is 0 Å². The Labute approximate surface area is 140 Å². The van der Waals surface area contributed by atoms with E-state index in [0.717, 1.165) is 25.7 Å². The van der Waals surface area contributed by atoms with Crippen LogP contribution in [0.25, 0.3) is 0 Å². The van der Waals surface area contributed by atoms with E-state index in [-0.39, 0.29) is 30.2 Å². The predicted octanol–water partition coefficient (Wildman–Crippen LogP) is 1.26. The van der Waals surface area contributed by atoms with Crippen molar-refractivity contribution in [2.24, 2.45) is 17.8 Å². The van der Waals surface area contributed by atoms with Gasteiger partial charge in [-0.25, -0.2) is 0 Å². The van der Waals surface area contributed by atoms with Crippen LogP contribution in [0.1, 0.15) is 32.6 Å². The molecule has 0 bridgehead atoms. The smallest absolute Gasteiger partial charge is 0.308 e. The molecule has 0 spiro atoms. The Balaban J connectivity index is 1.66. The van der Waals surface area contributed by atoms with Crippen molar-refractivity contribution >= 4 is 29.5 Å². The molecule has 1 saturated carbocycles. The van der Waals surface area contributed by atoms with Crippen LogP contribution in [0.2, 0.25) is 0 Å². The Morgan fingerprint density at radius 2 is 1.78 bits per heavy atom. The van der Waals surface area contributed by atoms with Crippen LogP contribution in [0, 0.1) is 17.8 Å². The lowest BCUT2D eigenvalue weighted by atomic mass is 9.99. The van der Waals surface area contributed by atoms with Crippen LogP contribution < -0.4 is 0 Å². The van der Waals surface area contributed by atoms with E-state index in [1.165, 1.54) is 0 Å². The van der Waals surface area contributed by atoms with Gasteiger partial charge in [0.05, 0.1) is 11.8 Å². The van der Waals surface area contributed by atoms with Gasteiger partial charge in [-0.3, -0.25) is 14.4 Å². The van der Waals surface area contributed by atoms with Crippen molar-refractivity contribution < 1.29 is 19.5 Å². The summed E-state index contributed by atoms with van der Waals surface area (Å²) in [6, 6.07) is -0.409. The summed E-state index contributed by atoms with van der Waals surface area (Å²) >= 11 is 1.61. The lowest BCUT2D eigenvalue weighted by molar-refractivity contribution is -0.146. The highest BCUT2D eigenvalue weighted by atomic mass is 32.2. The fourth-order valence-electron chi connectivity index (χ4n) is 3.95. The van der Waals surface area contributed by atoms with Gasteiger partial charge in [-0.1, -0.05) is 19.8 Å². The predicted molar refractivity (Wildman–Crippen MR) is 86.8 cm³/mol. The Hall–Kier alpha value is -1.24. The van der Waals surface area contributed by atoms with E-state index in [9.17, 15) is 19.5 Å². The molecular formula is C16H24N2O4S. The quantitative estimate of drug-likeness (QED) is 0.837. The first-order valence-corrected chi connectivity index (χ1v) is 9.54. The summed E-state index contributed by atoms with van der Waals surface area (Å²) in [5.74, 6) is -0.0423. The topological polar surface area (TPSA) is 77.9 Å². The van der Waals surface area contributed by atoms with Gasteiger partial charge in [0.1, 0.15) is 6.04 Å². The monoisotopic (exact) mass is 340 g/mol. The Morgan fingerprint density at radius 1 is 1.09 bits per heavy atom. The zero-order valence-electron chi connectivity index (χ0n) is 13.4. The van der Waals surface area contributed by atoms with E-state index in [1.807, 2.05) is 6.92 Å². The fraction of sp³-hybridized carbons (Fsp3) is 0.812. The van der Waals surface area contributed by atoms with Crippen LogP contribution in [-0.4, -0.2) is 63.5 Å². The molecule has 0 aromatic rings. The van der Waals surface area contributed by atoms with Crippen molar-refractivity contribution in [3.8, 4) is 0 Å². The van der Waals surface area contributed by atoms with Gasteiger partial charge in [0.2, 0.25) is 11.8 Å². The maximum Gasteiger partial charge on any atom is 0.308 e. The van der Waals surface area contributed by atoms with Gasteiger partial charge >= 0.3 is 5.97 Å². The maximum atomic E-state index is 12.8. The van der Waals surface area contributed by atoms with E-state index in [2.05, 4.69) is 0 Å². The van der Waals surface area contributed by atoms with Crippen LogP contribution in [0.3, 0.4) is 0 Å². The summed E-state index contributed by atoms with van der Waals surface area (Å²) in [5.41, 5.74) is 0. The second kappa shape index (κ2) is 6.71. The molecule has 3 atom stereocenters. The second-order valence-electron chi connectivity index (χ2n) is 6.97. The first-order chi connectivity index (χ1) is 11.0. The third-order valence-corrected chi connectivity index (χ3v) is 6.41. The van der Waals surface area contributed by atoms with E-state index in [0.29, 0.717) is 18.2 Å². The van der Waals surface area contributed by atoms with Crippen LogP contribution in [-0.2, 0) is 14.4 Å². The van der Waals surface area contributed by atoms with Crippen molar-refractivity contribution in [1.29, 1.82) is 0 Å². The number of carbonyl (C=O) groups is 3. The summed E-state index contributed by atoms with van der Waals surface area (Å²) in [4.78, 5) is 40.1. The van der Waals surface area contributed by atoms with E-state index < -0.39 is 17.9 Å². The summed E-state index contributed by atoms with van der Waals surface area (Å²) in [7, 11) is 0. The van der Waals surface area contributed by atoms with Gasteiger partial charge in [-0.2, -0.15) is 0 Å². The minimum atomic E-state index is -0.840. The highest BCUT2D eigenvalue weighted by molar-refractivity contribution is 7.99. The van der Waals surface area contributed by atoms with E-state index >= 15 is 0 Å². The zero-order valence-corrected chi connectivity index (χ0v) is 14.3. The lowest BCUT2D eigenvalue weighted by Crippen LogP contribution is -2.49. The third kappa shape index (κ3) is 3.20. The van der Waals surface area contributed by atoms with Crippen LogP contribution in [0.4, 0.5) is 0 Å². The number of carbonyl (C=O) groups excluding carboxylic acids is 2. The zero-order chi connectivity index (χ0) is 16.6. The molecule has 0 radical (unpaired) electrons. The molecule has 2 amide bonds. The molecule has 7 heteroatoms. The Kier molecular flexibility index (Phi) is 4.85. The molecule has 2 heterocycles. The first-order valence-electron chi connectivity index (χ1n) is 8.39. The summed E-state index contributed by atoms with van der Waals surface area (Å²) in [6.07, 6.45) is 4.06. The molecule has 3 rings (SSSR count). The van der Waals surface area contributed by atoms with Crippen molar-refractivity contribution in [1.82, 2.24) is 9.80 Å². The minimum Gasteiger partial charge on any atom is -0.481 e. The number of hydrogen-bond donors (Lipinski definition) is 1. The van der Waals surface area contributed by atoms with Crippen molar-refractivity contribution in [3.05, 3.63) is 0 Å². The number of thioether (sulfide) groups is 1. The molecule has 3 aliphatic rings. The molecule has 6 nitrogen and oxygen atoms in total.